The lowest BCUT2D eigenvalue weighted by Crippen LogP contribution is -2.46. The molecule has 0 radical (unpaired) electrons. The standard InChI is InChI=1S/C34H30N6O2/c1-4-42-29-20-23(16-19-28(29)41)31-30-22(3)38-40(25-10-6-5-7-11-25)33(30)37-34-32(35-24-17-14-21(2)15-18-24)36-26-12-8-9-13-27(26)39(31)34/h5-20,31,41H,4H2,1-3H3,(H,35,36)/t31-/m0/s1. The molecule has 0 unspecified atom stereocenters. The van der Waals surface area contributed by atoms with Gasteiger partial charge in [0.2, 0.25) is 0 Å². The van der Waals surface area contributed by atoms with E-state index in [1.165, 1.54) is 5.56 Å². The van der Waals surface area contributed by atoms with Crippen molar-refractivity contribution in [2.45, 2.75) is 26.8 Å². The Kier molecular flexibility index (Phi) is 6.23. The average Bonchev–Trinajstić information content (AvgIpc) is 3.35. The Morgan fingerprint density at radius 3 is 2.43 bits per heavy atom. The van der Waals surface area contributed by atoms with Gasteiger partial charge in [0.25, 0.3) is 0 Å². The number of amidine groups is 2. The molecule has 208 valence electrons. The summed E-state index contributed by atoms with van der Waals surface area (Å²) in [6, 6.07) is 31.6. The second-order valence-corrected chi connectivity index (χ2v) is 10.4. The molecular weight excluding hydrogens is 524 g/mol. The van der Waals surface area contributed by atoms with Crippen LogP contribution in [-0.2, 0) is 0 Å². The highest BCUT2D eigenvalue weighted by Crippen LogP contribution is 2.49. The van der Waals surface area contributed by atoms with Gasteiger partial charge in [-0.3, -0.25) is 0 Å². The molecule has 42 heavy (non-hydrogen) atoms. The van der Waals surface area contributed by atoms with Crippen LogP contribution in [-0.4, -0.2) is 33.2 Å². The first-order valence-corrected chi connectivity index (χ1v) is 14.0. The first-order valence-electron chi connectivity index (χ1n) is 14.0. The second-order valence-electron chi connectivity index (χ2n) is 10.4. The maximum absolute atomic E-state index is 10.6. The molecule has 2 N–H and O–H groups in total. The third-order valence-electron chi connectivity index (χ3n) is 7.55. The molecule has 0 spiro atoms. The van der Waals surface area contributed by atoms with Gasteiger partial charge in [-0.2, -0.15) is 5.10 Å². The molecule has 1 atom stereocenters. The van der Waals surface area contributed by atoms with Gasteiger partial charge in [-0.15, -0.1) is 0 Å². The normalized spacial score (nSPS) is 15.2. The molecule has 7 rings (SSSR count). The number of ether oxygens (including phenoxy) is 1. The monoisotopic (exact) mass is 554 g/mol. The molecular formula is C34H30N6O2. The van der Waals surface area contributed by atoms with Crippen LogP contribution in [0.3, 0.4) is 0 Å². The smallest absolute Gasteiger partial charge is 0.179 e. The fourth-order valence-corrected chi connectivity index (χ4v) is 5.61. The number of nitrogens with zero attached hydrogens (tertiary/aromatic N) is 5. The third-order valence-corrected chi connectivity index (χ3v) is 7.55. The Balaban J connectivity index is 1.49. The summed E-state index contributed by atoms with van der Waals surface area (Å²) in [5.74, 6) is 2.58. The summed E-state index contributed by atoms with van der Waals surface area (Å²) in [5.41, 5.74) is 7.54. The van der Waals surface area contributed by atoms with Gasteiger partial charge in [-0.1, -0.05) is 54.1 Å². The predicted molar refractivity (Wildman–Crippen MR) is 167 cm³/mol. The van der Waals surface area contributed by atoms with E-state index < -0.39 is 0 Å². The number of aliphatic imine (C=N–C) groups is 2. The number of hydrogen-bond donors (Lipinski definition) is 2. The number of hydrogen-bond acceptors (Lipinski definition) is 7. The van der Waals surface area contributed by atoms with E-state index in [4.69, 9.17) is 19.8 Å². The molecule has 0 fully saturated rings. The number of nitrogens with one attached hydrogen (secondary N) is 1. The zero-order chi connectivity index (χ0) is 28.8. The zero-order valence-electron chi connectivity index (χ0n) is 23.6. The topological polar surface area (TPSA) is 87.3 Å². The van der Waals surface area contributed by atoms with Crippen LogP contribution in [0.4, 0.5) is 22.9 Å². The Hall–Kier alpha value is -5.37. The van der Waals surface area contributed by atoms with Crippen LogP contribution in [0.2, 0.25) is 0 Å². The Morgan fingerprint density at radius 1 is 0.881 bits per heavy atom. The average molecular weight is 555 g/mol. The van der Waals surface area contributed by atoms with E-state index >= 15 is 0 Å². The summed E-state index contributed by atoms with van der Waals surface area (Å²) in [4.78, 5) is 12.6. The van der Waals surface area contributed by atoms with E-state index in [2.05, 4.69) is 35.3 Å². The lowest BCUT2D eigenvalue weighted by atomic mass is 9.93. The minimum atomic E-state index is -0.323. The number of rotatable bonds is 5. The molecule has 3 heterocycles. The zero-order valence-corrected chi connectivity index (χ0v) is 23.6. The minimum absolute atomic E-state index is 0.101. The Bertz CT molecular complexity index is 1860. The summed E-state index contributed by atoms with van der Waals surface area (Å²) < 4.78 is 7.72. The van der Waals surface area contributed by atoms with Crippen molar-refractivity contribution in [2.24, 2.45) is 9.98 Å². The molecule has 0 aliphatic carbocycles. The molecule has 0 bridgehead atoms. The molecule has 4 aromatic carbocycles. The van der Waals surface area contributed by atoms with Crippen LogP contribution in [0.25, 0.3) is 5.69 Å². The van der Waals surface area contributed by atoms with Gasteiger partial charge < -0.3 is 20.1 Å². The van der Waals surface area contributed by atoms with Crippen molar-refractivity contribution in [2.75, 3.05) is 16.8 Å². The largest absolute Gasteiger partial charge is 0.504 e. The SMILES string of the molecule is CCOc1cc([C@H]2c3c(C)nn(-c4ccccc4)c3N=C3C(Nc4ccc(C)cc4)=Nc4ccccc4N32)ccc1O. The van der Waals surface area contributed by atoms with Crippen LogP contribution in [0.1, 0.15) is 35.3 Å². The number of fused-ring (bicyclic) bond motifs is 4. The number of aromatic hydroxyl groups is 1. The molecule has 2 aliphatic rings. The minimum Gasteiger partial charge on any atom is -0.504 e. The van der Waals surface area contributed by atoms with E-state index in [0.717, 1.165) is 45.4 Å². The fraction of sp³-hybridized carbons (Fsp3) is 0.147. The number of benzene rings is 4. The van der Waals surface area contributed by atoms with Gasteiger partial charge in [0, 0.05) is 11.3 Å². The van der Waals surface area contributed by atoms with Crippen molar-refractivity contribution in [1.29, 1.82) is 0 Å². The number of anilines is 2. The van der Waals surface area contributed by atoms with Crippen molar-refractivity contribution in [3.8, 4) is 17.2 Å². The van der Waals surface area contributed by atoms with Crippen molar-refractivity contribution in [1.82, 2.24) is 9.78 Å². The Labute approximate surface area is 244 Å². The molecule has 0 saturated carbocycles. The van der Waals surface area contributed by atoms with Crippen LogP contribution in [0.15, 0.2) is 107 Å². The van der Waals surface area contributed by atoms with Gasteiger partial charge in [0.15, 0.2) is 29.0 Å². The molecule has 8 nitrogen and oxygen atoms in total. The lowest BCUT2D eigenvalue weighted by molar-refractivity contribution is 0.317. The van der Waals surface area contributed by atoms with E-state index in [0.29, 0.717) is 24.0 Å². The van der Waals surface area contributed by atoms with Crippen molar-refractivity contribution in [3.05, 3.63) is 119 Å². The van der Waals surface area contributed by atoms with Crippen molar-refractivity contribution >= 4 is 34.6 Å². The summed E-state index contributed by atoms with van der Waals surface area (Å²) in [7, 11) is 0. The van der Waals surface area contributed by atoms with E-state index in [9.17, 15) is 5.11 Å². The summed E-state index contributed by atoms with van der Waals surface area (Å²) >= 11 is 0. The highest BCUT2D eigenvalue weighted by atomic mass is 16.5. The van der Waals surface area contributed by atoms with Crippen LogP contribution in [0, 0.1) is 13.8 Å². The van der Waals surface area contributed by atoms with Crippen molar-refractivity contribution < 1.29 is 9.84 Å². The van der Waals surface area contributed by atoms with E-state index in [-0.39, 0.29) is 11.8 Å². The van der Waals surface area contributed by atoms with Crippen LogP contribution in [0.5, 0.6) is 11.5 Å². The van der Waals surface area contributed by atoms with Gasteiger partial charge in [0.05, 0.1) is 35.4 Å². The number of aryl methyl sites for hydroxylation is 2. The maximum atomic E-state index is 10.6. The molecule has 0 saturated heterocycles. The van der Waals surface area contributed by atoms with Crippen molar-refractivity contribution in [3.63, 3.8) is 0 Å². The molecule has 1 aromatic heterocycles. The van der Waals surface area contributed by atoms with Crippen LogP contribution >= 0.6 is 0 Å². The molecule has 0 amide bonds. The van der Waals surface area contributed by atoms with E-state index in [1.807, 2.05) is 91.3 Å². The van der Waals surface area contributed by atoms with E-state index in [1.54, 1.807) is 6.07 Å². The van der Waals surface area contributed by atoms with Gasteiger partial charge in [-0.25, -0.2) is 14.7 Å². The number of phenols is 1. The summed E-state index contributed by atoms with van der Waals surface area (Å²) in [5, 5.41) is 19.1. The molecule has 2 aliphatic heterocycles. The van der Waals surface area contributed by atoms with Gasteiger partial charge >= 0.3 is 0 Å². The molecule has 8 heteroatoms. The first-order chi connectivity index (χ1) is 20.5. The molecule has 5 aromatic rings. The number of aromatic nitrogens is 2. The van der Waals surface area contributed by atoms with Crippen LogP contribution < -0.4 is 15.0 Å². The summed E-state index contributed by atoms with van der Waals surface area (Å²) in [6.45, 7) is 6.43. The highest BCUT2D eigenvalue weighted by molar-refractivity contribution is 6.51. The fourth-order valence-electron chi connectivity index (χ4n) is 5.61. The second kappa shape index (κ2) is 10.2. The summed E-state index contributed by atoms with van der Waals surface area (Å²) in [6.07, 6.45) is 0. The predicted octanol–water partition coefficient (Wildman–Crippen LogP) is 7.39. The highest BCUT2D eigenvalue weighted by Gasteiger charge is 2.41. The Morgan fingerprint density at radius 2 is 1.64 bits per heavy atom. The quantitative estimate of drug-likeness (QED) is 0.237. The lowest BCUT2D eigenvalue weighted by Gasteiger charge is -2.40. The number of para-hydroxylation sites is 3. The third kappa shape index (κ3) is 4.28. The maximum Gasteiger partial charge on any atom is 0.179 e. The van der Waals surface area contributed by atoms with Gasteiger partial charge in [-0.05, 0) is 74.9 Å². The first kappa shape index (κ1) is 25.6. The number of phenolic OH excluding ortho intramolecular Hbond substituents is 1. The van der Waals surface area contributed by atoms with Gasteiger partial charge in [0.1, 0.15) is 0 Å².